The van der Waals surface area contributed by atoms with Gasteiger partial charge in [-0.25, -0.2) is 4.98 Å². The highest BCUT2D eigenvalue weighted by atomic mass is 16.4. The molecular weight excluding hydrogens is 326 g/mol. The zero-order valence-electron chi connectivity index (χ0n) is 14.3. The number of aryl methyl sites for hydroxylation is 1. The van der Waals surface area contributed by atoms with Crippen molar-refractivity contribution in [2.75, 3.05) is 5.32 Å². The Bertz CT molecular complexity index is 1070. The summed E-state index contributed by atoms with van der Waals surface area (Å²) >= 11 is 0. The van der Waals surface area contributed by atoms with Gasteiger partial charge in [0.1, 0.15) is 5.76 Å². The normalized spacial score (nSPS) is 10.8. The fourth-order valence-corrected chi connectivity index (χ4v) is 2.86. The van der Waals surface area contributed by atoms with Crippen molar-refractivity contribution in [1.29, 1.82) is 0 Å². The lowest BCUT2D eigenvalue weighted by Crippen LogP contribution is -2.15. The largest absolute Gasteiger partial charge is 0.441 e. The van der Waals surface area contributed by atoms with Crippen LogP contribution in [-0.4, -0.2) is 15.9 Å². The van der Waals surface area contributed by atoms with Crippen LogP contribution in [-0.2, 0) is 11.2 Å². The number of amides is 1. The Labute approximate surface area is 150 Å². The van der Waals surface area contributed by atoms with Gasteiger partial charge in [-0.2, -0.15) is 0 Å². The summed E-state index contributed by atoms with van der Waals surface area (Å²) in [4.78, 5) is 21.3. The van der Waals surface area contributed by atoms with Crippen LogP contribution in [0.25, 0.3) is 22.4 Å². The van der Waals surface area contributed by atoms with Crippen LogP contribution in [0.3, 0.4) is 0 Å². The summed E-state index contributed by atoms with van der Waals surface area (Å²) in [5, 5.41) is 3.86. The van der Waals surface area contributed by atoms with Gasteiger partial charge in [0.15, 0.2) is 0 Å². The third-order valence-corrected chi connectivity index (χ3v) is 4.16. The lowest BCUT2D eigenvalue weighted by molar-refractivity contribution is -0.115. The van der Waals surface area contributed by atoms with E-state index in [0.717, 1.165) is 22.2 Å². The monoisotopic (exact) mass is 343 g/mol. The van der Waals surface area contributed by atoms with Crippen LogP contribution >= 0.6 is 0 Å². The molecule has 0 aliphatic rings. The van der Waals surface area contributed by atoms with Crippen molar-refractivity contribution in [2.24, 2.45) is 0 Å². The van der Waals surface area contributed by atoms with E-state index < -0.39 is 0 Å². The molecule has 0 spiro atoms. The number of benzene rings is 2. The van der Waals surface area contributed by atoms with E-state index in [4.69, 9.17) is 4.42 Å². The molecule has 4 aromatic rings. The van der Waals surface area contributed by atoms with E-state index in [1.165, 1.54) is 0 Å². The summed E-state index contributed by atoms with van der Waals surface area (Å²) in [6, 6.07) is 19.1. The second-order valence-corrected chi connectivity index (χ2v) is 5.99. The molecule has 26 heavy (non-hydrogen) atoms. The molecule has 0 saturated heterocycles. The molecule has 2 heterocycles. The van der Waals surface area contributed by atoms with E-state index in [9.17, 15) is 4.79 Å². The van der Waals surface area contributed by atoms with Gasteiger partial charge in [0.2, 0.25) is 11.8 Å². The predicted molar refractivity (Wildman–Crippen MR) is 101 cm³/mol. The van der Waals surface area contributed by atoms with Crippen molar-refractivity contribution in [1.82, 2.24) is 9.97 Å². The molecule has 0 atom stereocenters. The average molecular weight is 343 g/mol. The van der Waals surface area contributed by atoms with Crippen molar-refractivity contribution in [2.45, 2.75) is 13.3 Å². The minimum atomic E-state index is -0.141. The van der Waals surface area contributed by atoms with Gasteiger partial charge in [0, 0.05) is 17.1 Å². The maximum atomic E-state index is 12.5. The SMILES string of the molecule is Cc1oc(-c2ccccc2)nc1CC(=O)Nc1cccc2ncccc12. The first-order chi connectivity index (χ1) is 12.7. The van der Waals surface area contributed by atoms with Crippen LogP contribution in [0.2, 0.25) is 0 Å². The second kappa shape index (κ2) is 6.80. The van der Waals surface area contributed by atoms with Crippen LogP contribution in [0.1, 0.15) is 11.5 Å². The minimum absolute atomic E-state index is 0.141. The van der Waals surface area contributed by atoms with Gasteiger partial charge in [0.25, 0.3) is 0 Å². The first kappa shape index (κ1) is 16.0. The van der Waals surface area contributed by atoms with Crippen LogP contribution in [0.4, 0.5) is 5.69 Å². The number of rotatable bonds is 4. The predicted octanol–water partition coefficient (Wildman–Crippen LogP) is 4.38. The van der Waals surface area contributed by atoms with Crippen molar-refractivity contribution < 1.29 is 9.21 Å². The highest BCUT2D eigenvalue weighted by Crippen LogP contribution is 2.23. The molecule has 2 aromatic carbocycles. The van der Waals surface area contributed by atoms with E-state index in [-0.39, 0.29) is 12.3 Å². The lowest BCUT2D eigenvalue weighted by atomic mass is 10.1. The first-order valence-corrected chi connectivity index (χ1v) is 8.36. The maximum absolute atomic E-state index is 12.5. The first-order valence-electron chi connectivity index (χ1n) is 8.36. The standard InChI is InChI=1S/C21H17N3O2/c1-14-19(24-21(26-14)15-7-3-2-4-8-15)13-20(25)23-18-11-5-10-17-16(18)9-6-12-22-17/h2-12H,13H2,1H3,(H,23,25). The molecule has 0 aliphatic carbocycles. The molecule has 4 rings (SSSR count). The summed E-state index contributed by atoms with van der Waals surface area (Å²) in [6.07, 6.45) is 1.89. The number of carbonyl (C=O) groups is 1. The molecule has 128 valence electrons. The average Bonchev–Trinajstić information content (AvgIpc) is 3.03. The van der Waals surface area contributed by atoms with E-state index in [1.807, 2.05) is 67.6 Å². The van der Waals surface area contributed by atoms with Crippen molar-refractivity contribution in [3.63, 3.8) is 0 Å². The summed E-state index contributed by atoms with van der Waals surface area (Å²) in [6.45, 7) is 1.82. The fraction of sp³-hybridized carbons (Fsp3) is 0.0952. The Morgan fingerprint density at radius 1 is 1.04 bits per heavy atom. The van der Waals surface area contributed by atoms with Crippen molar-refractivity contribution >= 4 is 22.5 Å². The van der Waals surface area contributed by atoms with Crippen LogP contribution in [0.5, 0.6) is 0 Å². The molecule has 0 bridgehead atoms. The number of hydrogen-bond donors (Lipinski definition) is 1. The molecule has 2 aromatic heterocycles. The number of aromatic nitrogens is 2. The highest BCUT2D eigenvalue weighted by Gasteiger charge is 2.15. The van der Waals surface area contributed by atoms with Crippen molar-refractivity contribution in [3.05, 3.63) is 78.3 Å². The Hall–Kier alpha value is -3.47. The van der Waals surface area contributed by atoms with Gasteiger partial charge in [-0.05, 0) is 43.3 Å². The maximum Gasteiger partial charge on any atom is 0.230 e. The van der Waals surface area contributed by atoms with Crippen LogP contribution < -0.4 is 5.32 Å². The number of oxazole rings is 1. The molecule has 5 heteroatoms. The van der Waals surface area contributed by atoms with Gasteiger partial charge < -0.3 is 9.73 Å². The van der Waals surface area contributed by atoms with Crippen molar-refractivity contribution in [3.8, 4) is 11.5 Å². The number of hydrogen-bond acceptors (Lipinski definition) is 4. The molecule has 0 aliphatic heterocycles. The quantitative estimate of drug-likeness (QED) is 0.597. The number of fused-ring (bicyclic) bond motifs is 1. The zero-order valence-corrected chi connectivity index (χ0v) is 14.3. The Morgan fingerprint density at radius 2 is 1.88 bits per heavy atom. The summed E-state index contributed by atoms with van der Waals surface area (Å²) in [5.74, 6) is 1.04. The van der Waals surface area contributed by atoms with E-state index in [0.29, 0.717) is 17.3 Å². The number of carbonyl (C=O) groups excluding carboxylic acids is 1. The molecule has 5 nitrogen and oxygen atoms in total. The number of nitrogens with zero attached hydrogens (tertiary/aromatic N) is 2. The molecule has 0 unspecified atom stereocenters. The summed E-state index contributed by atoms with van der Waals surface area (Å²) in [7, 11) is 0. The van der Waals surface area contributed by atoms with Crippen LogP contribution in [0.15, 0.2) is 71.3 Å². The Kier molecular flexibility index (Phi) is 4.19. The highest BCUT2D eigenvalue weighted by molar-refractivity contribution is 6.01. The summed E-state index contributed by atoms with van der Waals surface area (Å²) in [5.41, 5.74) is 3.11. The topological polar surface area (TPSA) is 68.0 Å². The molecule has 0 saturated carbocycles. The summed E-state index contributed by atoms with van der Waals surface area (Å²) < 4.78 is 5.72. The second-order valence-electron chi connectivity index (χ2n) is 5.99. The van der Waals surface area contributed by atoms with Gasteiger partial charge in [0.05, 0.1) is 23.3 Å². The van der Waals surface area contributed by atoms with Gasteiger partial charge in [-0.3, -0.25) is 9.78 Å². The zero-order chi connectivity index (χ0) is 17.9. The van der Waals surface area contributed by atoms with Gasteiger partial charge in [-0.1, -0.05) is 24.3 Å². The fourth-order valence-electron chi connectivity index (χ4n) is 2.86. The van der Waals surface area contributed by atoms with Gasteiger partial charge >= 0.3 is 0 Å². The smallest absolute Gasteiger partial charge is 0.230 e. The molecule has 0 fully saturated rings. The number of nitrogens with one attached hydrogen (secondary N) is 1. The van der Waals surface area contributed by atoms with Crippen LogP contribution in [0, 0.1) is 6.92 Å². The third-order valence-electron chi connectivity index (χ3n) is 4.16. The third kappa shape index (κ3) is 3.19. The molecule has 1 N–H and O–H groups in total. The number of pyridine rings is 1. The molecular formula is C21H17N3O2. The lowest BCUT2D eigenvalue weighted by Gasteiger charge is -2.07. The van der Waals surface area contributed by atoms with Gasteiger partial charge in [-0.15, -0.1) is 0 Å². The molecule has 1 amide bonds. The minimum Gasteiger partial charge on any atom is -0.441 e. The van der Waals surface area contributed by atoms with E-state index in [2.05, 4.69) is 15.3 Å². The van der Waals surface area contributed by atoms with E-state index >= 15 is 0 Å². The molecule has 0 radical (unpaired) electrons. The Balaban J connectivity index is 1.54. The Morgan fingerprint density at radius 3 is 2.73 bits per heavy atom. The number of anilines is 1. The van der Waals surface area contributed by atoms with E-state index in [1.54, 1.807) is 6.20 Å².